The van der Waals surface area contributed by atoms with E-state index in [1.54, 1.807) is 0 Å². The van der Waals surface area contributed by atoms with Crippen LogP contribution in [0.2, 0.25) is 0 Å². The Bertz CT molecular complexity index is 1230. The van der Waals surface area contributed by atoms with Gasteiger partial charge >= 0.3 is 29.6 Å². The second-order valence-corrected chi connectivity index (χ2v) is 7.08. The molecule has 0 aliphatic rings. The van der Waals surface area contributed by atoms with E-state index < -0.39 is 10.4 Å². The average Bonchev–Trinajstić information content (AvgIpc) is 2.60. The molecule has 6 heteroatoms. The van der Waals surface area contributed by atoms with Crippen LogP contribution in [-0.4, -0.2) is 13.0 Å². The van der Waals surface area contributed by atoms with E-state index in [4.69, 9.17) is 0 Å². The second-order valence-electron chi connectivity index (χ2n) is 6.03. The van der Waals surface area contributed by atoms with Crippen LogP contribution in [0.5, 0.6) is 0 Å². The minimum absolute atomic E-state index is 0. The maximum absolute atomic E-state index is 11.0. The van der Waals surface area contributed by atoms with Crippen molar-refractivity contribution in [2.45, 2.75) is 13.5 Å². The number of aryl methyl sites for hydroxylation is 1. The molecule has 26 heavy (non-hydrogen) atoms. The van der Waals surface area contributed by atoms with Gasteiger partial charge in [-0.2, -0.15) is 0 Å². The molecule has 0 fully saturated rings. The normalized spacial score (nSPS) is 11.8. The van der Waals surface area contributed by atoms with E-state index in [2.05, 4.69) is 17.2 Å². The maximum Gasteiger partial charge on any atom is 1.00 e. The number of benzene rings is 4. The van der Waals surface area contributed by atoms with Gasteiger partial charge in [0.05, 0.1) is 6.61 Å². The van der Waals surface area contributed by atoms with Crippen LogP contribution in [-0.2, 0) is 21.2 Å². The molecule has 0 aliphatic carbocycles. The molecule has 4 nitrogen and oxygen atoms in total. The van der Waals surface area contributed by atoms with Crippen LogP contribution in [0.15, 0.2) is 60.7 Å². The fraction of sp³-hybridized carbons (Fsp3) is 0.100. The number of fused-ring (bicyclic) bond motifs is 4. The van der Waals surface area contributed by atoms with Crippen LogP contribution in [0.25, 0.3) is 32.3 Å². The predicted octanol–water partition coefficient (Wildman–Crippen LogP) is 1.44. The number of hydrogen-bond donors (Lipinski definition) is 0. The number of rotatable bonds is 3. The average molecular weight is 374 g/mol. The minimum atomic E-state index is -4.76. The topological polar surface area (TPSA) is 66.4 Å². The van der Waals surface area contributed by atoms with Gasteiger partial charge in [0, 0.05) is 0 Å². The summed E-state index contributed by atoms with van der Waals surface area (Å²) in [6, 6.07) is 19.8. The molecular formula is C20H15NaO4S. The standard InChI is InChI=1S/C20H16O4S.Na/c1-13-15-7-4-5-9-17(15)19(12-24-25(21,22)23)18-11-10-14-6-2-3-8-16(14)20(13)18;/h2-11H,12H2,1H3,(H,21,22,23);/q;+1/p-1. The van der Waals surface area contributed by atoms with Crippen molar-refractivity contribution < 1.29 is 46.7 Å². The molecule has 0 saturated carbocycles. The summed E-state index contributed by atoms with van der Waals surface area (Å²) in [7, 11) is -4.76. The van der Waals surface area contributed by atoms with E-state index in [0.717, 1.165) is 37.9 Å². The van der Waals surface area contributed by atoms with E-state index in [9.17, 15) is 13.0 Å². The Kier molecular flexibility index (Phi) is 5.40. The third-order valence-electron chi connectivity index (χ3n) is 4.63. The monoisotopic (exact) mass is 374 g/mol. The van der Waals surface area contributed by atoms with Gasteiger partial charge in [-0.05, 0) is 50.4 Å². The third-order valence-corrected chi connectivity index (χ3v) is 5.04. The van der Waals surface area contributed by atoms with Gasteiger partial charge in [-0.25, -0.2) is 8.42 Å². The predicted molar refractivity (Wildman–Crippen MR) is 98.2 cm³/mol. The molecule has 0 atom stereocenters. The number of hydrogen-bond acceptors (Lipinski definition) is 4. The van der Waals surface area contributed by atoms with Crippen molar-refractivity contribution in [1.82, 2.24) is 0 Å². The van der Waals surface area contributed by atoms with Gasteiger partial charge < -0.3 is 4.55 Å². The quantitative estimate of drug-likeness (QED) is 0.179. The Labute approximate surface area is 174 Å². The van der Waals surface area contributed by atoms with Crippen molar-refractivity contribution in [2.75, 3.05) is 0 Å². The van der Waals surface area contributed by atoms with Gasteiger partial charge in [0.2, 0.25) is 10.4 Å². The van der Waals surface area contributed by atoms with Gasteiger partial charge in [-0.15, -0.1) is 0 Å². The van der Waals surface area contributed by atoms with Crippen molar-refractivity contribution in [3.8, 4) is 0 Å². The summed E-state index contributed by atoms with van der Waals surface area (Å²) in [6.07, 6.45) is 0. The summed E-state index contributed by atoms with van der Waals surface area (Å²) in [4.78, 5) is 0. The van der Waals surface area contributed by atoms with Crippen LogP contribution in [0.3, 0.4) is 0 Å². The molecule has 0 amide bonds. The summed E-state index contributed by atoms with van der Waals surface area (Å²) in [5.74, 6) is 0. The van der Waals surface area contributed by atoms with Crippen LogP contribution in [0.1, 0.15) is 11.1 Å². The van der Waals surface area contributed by atoms with E-state index >= 15 is 0 Å². The van der Waals surface area contributed by atoms with Crippen LogP contribution in [0.4, 0.5) is 0 Å². The van der Waals surface area contributed by atoms with Gasteiger partial charge in [0.25, 0.3) is 0 Å². The Balaban J connectivity index is 0.00000196. The molecular weight excluding hydrogens is 359 g/mol. The summed E-state index contributed by atoms with van der Waals surface area (Å²) in [5.41, 5.74) is 1.83. The van der Waals surface area contributed by atoms with Gasteiger partial charge in [0.15, 0.2) is 0 Å². The fourth-order valence-corrected chi connectivity index (χ4v) is 3.83. The maximum atomic E-state index is 11.0. The smallest absolute Gasteiger partial charge is 0.726 e. The van der Waals surface area contributed by atoms with Crippen LogP contribution in [0, 0.1) is 6.92 Å². The molecule has 0 spiro atoms. The third kappa shape index (κ3) is 3.39. The first-order chi connectivity index (χ1) is 12.0. The SMILES string of the molecule is Cc1c2ccccc2c(COS(=O)(=O)[O-])c2ccc3ccccc3c12.[Na+]. The van der Waals surface area contributed by atoms with E-state index in [0.29, 0.717) is 5.56 Å². The molecule has 0 aliphatic heterocycles. The molecule has 0 bridgehead atoms. The van der Waals surface area contributed by atoms with Crippen LogP contribution >= 0.6 is 0 Å². The van der Waals surface area contributed by atoms with Crippen molar-refractivity contribution in [2.24, 2.45) is 0 Å². The molecule has 0 heterocycles. The summed E-state index contributed by atoms with van der Waals surface area (Å²) in [6.45, 7) is 1.79. The Morgan fingerprint density at radius 1 is 0.846 bits per heavy atom. The summed E-state index contributed by atoms with van der Waals surface area (Å²) < 4.78 is 37.5. The molecule has 0 N–H and O–H groups in total. The van der Waals surface area contributed by atoms with E-state index in [1.807, 2.05) is 54.6 Å². The van der Waals surface area contributed by atoms with Gasteiger partial charge in [-0.1, -0.05) is 60.7 Å². The minimum Gasteiger partial charge on any atom is -0.726 e. The Hall–Kier alpha value is -1.47. The largest absolute Gasteiger partial charge is 1.00 e. The van der Waals surface area contributed by atoms with E-state index in [-0.39, 0.29) is 36.2 Å². The first-order valence-electron chi connectivity index (χ1n) is 7.87. The zero-order valence-corrected chi connectivity index (χ0v) is 17.3. The zero-order chi connectivity index (χ0) is 17.6. The molecule has 0 unspecified atom stereocenters. The molecule has 0 aromatic heterocycles. The molecule has 4 aromatic rings. The van der Waals surface area contributed by atoms with E-state index in [1.165, 1.54) is 0 Å². The Morgan fingerprint density at radius 3 is 2.15 bits per heavy atom. The summed E-state index contributed by atoms with van der Waals surface area (Å²) in [5, 5.41) is 6.07. The second kappa shape index (κ2) is 7.27. The molecule has 4 rings (SSSR count). The van der Waals surface area contributed by atoms with Gasteiger partial charge in [0.1, 0.15) is 0 Å². The first-order valence-corrected chi connectivity index (χ1v) is 9.21. The van der Waals surface area contributed by atoms with Crippen molar-refractivity contribution in [1.29, 1.82) is 0 Å². The molecule has 0 saturated heterocycles. The van der Waals surface area contributed by atoms with Crippen molar-refractivity contribution in [3.63, 3.8) is 0 Å². The zero-order valence-electron chi connectivity index (χ0n) is 14.5. The van der Waals surface area contributed by atoms with Gasteiger partial charge in [-0.3, -0.25) is 4.18 Å². The summed E-state index contributed by atoms with van der Waals surface area (Å²) >= 11 is 0. The first kappa shape index (κ1) is 19.3. The Morgan fingerprint density at radius 2 is 1.46 bits per heavy atom. The molecule has 0 radical (unpaired) electrons. The molecule has 4 aromatic carbocycles. The van der Waals surface area contributed by atoms with Crippen LogP contribution < -0.4 is 29.6 Å². The fourth-order valence-electron chi connectivity index (χ4n) is 3.57. The van der Waals surface area contributed by atoms with Crippen molar-refractivity contribution in [3.05, 3.63) is 71.8 Å². The molecule has 126 valence electrons. The van der Waals surface area contributed by atoms with Crippen molar-refractivity contribution >= 4 is 42.7 Å².